The first-order chi connectivity index (χ1) is 9.97. The molecule has 0 radical (unpaired) electrons. The van der Waals surface area contributed by atoms with Crippen LogP contribution in [0.15, 0.2) is 24.3 Å². The van der Waals surface area contributed by atoms with Crippen molar-refractivity contribution in [2.75, 3.05) is 18.0 Å². The van der Waals surface area contributed by atoms with E-state index in [4.69, 9.17) is 5.73 Å². The molecule has 1 heterocycles. The predicted molar refractivity (Wildman–Crippen MR) is 75.5 cm³/mol. The summed E-state index contributed by atoms with van der Waals surface area (Å²) in [6.07, 6.45) is 0.738. The van der Waals surface area contributed by atoms with Gasteiger partial charge in [-0.05, 0) is 25.5 Å². The fraction of sp³-hybridized carbons (Fsp3) is 0.500. The monoisotopic (exact) mass is 299 g/mol. The van der Waals surface area contributed by atoms with E-state index in [2.05, 4.69) is 10.1 Å². The summed E-state index contributed by atoms with van der Waals surface area (Å²) >= 11 is 0. The van der Waals surface area contributed by atoms with Crippen LogP contribution < -0.4 is 20.7 Å². The van der Waals surface area contributed by atoms with Crippen molar-refractivity contribution in [2.45, 2.75) is 32.0 Å². The second kappa shape index (κ2) is 6.71. The van der Waals surface area contributed by atoms with Gasteiger partial charge in [-0.1, -0.05) is 12.1 Å². The Morgan fingerprint density at radius 3 is 2.86 bits per heavy atom. The number of carbonyl (C=O) groups excluding carboxylic acids is 1. The molecule has 0 aliphatic carbocycles. The summed E-state index contributed by atoms with van der Waals surface area (Å²) in [6, 6.07) is 6.05. The van der Waals surface area contributed by atoms with Gasteiger partial charge in [0.1, 0.15) is 5.75 Å². The molecule has 0 bridgehead atoms. The molecule has 116 valence electrons. The summed E-state index contributed by atoms with van der Waals surface area (Å²) in [6.45, 7) is -0.0361. The normalized spacial score (nSPS) is 19.7. The van der Waals surface area contributed by atoms with Crippen molar-refractivity contribution < 1.29 is 18.3 Å². The molecule has 2 atom stereocenters. The summed E-state index contributed by atoms with van der Waals surface area (Å²) in [5.74, 6) is -0.0642. The van der Waals surface area contributed by atoms with Gasteiger partial charge in [-0.2, -0.15) is 8.78 Å². The number of carbonyl (C=O) groups is 1. The maximum atomic E-state index is 12.4. The first kappa shape index (κ1) is 15.5. The zero-order valence-electron chi connectivity index (χ0n) is 11.8. The minimum Gasteiger partial charge on any atom is -0.433 e. The van der Waals surface area contributed by atoms with Gasteiger partial charge in [0, 0.05) is 19.1 Å². The van der Waals surface area contributed by atoms with Gasteiger partial charge in [0.25, 0.3) is 0 Å². The molecule has 21 heavy (non-hydrogen) atoms. The number of amides is 1. The topological polar surface area (TPSA) is 67.6 Å². The summed E-state index contributed by atoms with van der Waals surface area (Å²) in [5.41, 5.74) is 6.12. The van der Waals surface area contributed by atoms with E-state index in [1.54, 1.807) is 25.1 Å². The van der Waals surface area contributed by atoms with Gasteiger partial charge in [-0.15, -0.1) is 0 Å². The third-order valence-corrected chi connectivity index (χ3v) is 3.37. The fourth-order valence-electron chi connectivity index (χ4n) is 2.34. The molecule has 1 aliphatic heterocycles. The molecule has 1 aromatic rings. The molecule has 5 nitrogen and oxygen atoms in total. The molecule has 1 saturated heterocycles. The highest BCUT2D eigenvalue weighted by Gasteiger charge is 2.26. The molecule has 0 spiro atoms. The molecule has 2 rings (SSSR count). The molecule has 1 unspecified atom stereocenters. The van der Waals surface area contributed by atoms with Crippen molar-refractivity contribution in [3.63, 3.8) is 0 Å². The Hall–Kier alpha value is -1.89. The third-order valence-electron chi connectivity index (χ3n) is 3.37. The molecular weight excluding hydrogens is 280 g/mol. The Balaban J connectivity index is 2.03. The summed E-state index contributed by atoms with van der Waals surface area (Å²) in [5, 5.41) is 2.84. The van der Waals surface area contributed by atoms with Crippen molar-refractivity contribution >= 4 is 11.6 Å². The maximum absolute atomic E-state index is 12.4. The lowest BCUT2D eigenvalue weighted by molar-refractivity contribution is -0.122. The zero-order chi connectivity index (χ0) is 15.4. The Morgan fingerprint density at radius 2 is 2.19 bits per heavy atom. The number of hydrogen-bond acceptors (Lipinski definition) is 4. The average molecular weight is 299 g/mol. The van der Waals surface area contributed by atoms with Crippen LogP contribution in [0, 0.1) is 0 Å². The number of hydrogen-bond donors (Lipinski definition) is 2. The van der Waals surface area contributed by atoms with Crippen molar-refractivity contribution in [1.29, 1.82) is 0 Å². The highest BCUT2D eigenvalue weighted by molar-refractivity contribution is 5.81. The highest BCUT2D eigenvalue weighted by atomic mass is 19.3. The van der Waals surface area contributed by atoms with Gasteiger partial charge < -0.3 is 20.7 Å². The van der Waals surface area contributed by atoms with Crippen molar-refractivity contribution in [1.82, 2.24) is 5.32 Å². The predicted octanol–water partition coefficient (Wildman–Crippen LogP) is 1.33. The van der Waals surface area contributed by atoms with Crippen molar-refractivity contribution in [3.05, 3.63) is 24.3 Å². The second-order valence-corrected chi connectivity index (χ2v) is 5.08. The molecule has 0 saturated carbocycles. The Morgan fingerprint density at radius 1 is 1.48 bits per heavy atom. The van der Waals surface area contributed by atoms with Crippen LogP contribution in [0.1, 0.15) is 13.3 Å². The van der Waals surface area contributed by atoms with Crippen LogP contribution in [0.25, 0.3) is 0 Å². The number of nitrogens with one attached hydrogen (secondary N) is 1. The van der Waals surface area contributed by atoms with Crippen molar-refractivity contribution in [3.8, 4) is 5.75 Å². The number of benzene rings is 1. The SMILES string of the molecule is C[C@@H](N)C(=O)NC1CCN(c2ccccc2OC(F)F)C1. The number of para-hydroxylation sites is 2. The van der Waals surface area contributed by atoms with E-state index in [-0.39, 0.29) is 17.7 Å². The first-order valence-corrected chi connectivity index (χ1v) is 6.82. The molecule has 7 heteroatoms. The number of anilines is 1. The number of alkyl halides is 2. The van der Waals surface area contributed by atoms with Crippen LogP contribution in [0.3, 0.4) is 0 Å². The zero-order valence-corrected chi connectivity index (χ0v) is 11.8. The quantitative estimate of drug-likeness (QED) is 0.861. The Kier molecular flexibility index (Phi) is 4.95. The van der Waals surface area contributed by atoms with Crippen LogP contribution in [0.5, 0.6) is 5.75 Å². The molecular formula is C14H19F2N3O2. The fourth-order valence-corrected chi connectivity index (χ4v) is 2.34. The average Bonchev–Trinajstić information content (AvgIpc) is 2.87. The molecule has 1 aromatic carbocycles. The number of ether oxygens (including phenoxy) is 1. The maximum Gasteiger partial charge on any atom is 0.387 e. The number of nitrogens with two attached hydrogens (primary N) is 1. The van der Waals surface area contributed by atoms with E-state index < -0.39 is 12.7 Å². The van der Waals surface area contributed by atoms with Gasteiger partial charge in [0.15, 0.2) is 0 Å². The van der Waals surface area contributed by atoms with E-state index >= 15 is 0 Å². The Bertz CT molecular complexity index is 497. The molecule has 1 fully saturated rings. The molecule has 0 aromatic heterocycles. The Labute approximate surface area is 122 Å². The number of halogens is 2. The second-order valence-electron chi connectivity index (χ2n) is 5.08. The summed E-state index contributed by atoms with van der Waals surface area (Å²) in [7, 11) is 0. The molecule has 1 aliphatic rings. The standard InChI is InChI=1S/C14H19F2N3O2/c1-9(17)13(20)18-10-6-7-19(8-10)11-4-2-3-5-12(11)21-14(15)16/h2-5,9-10,14H,6-8,17H2,1H3,(H,18,20)/t9-,10?/m1/s1. The lowest BCUT2D eigenvalue weighted by Gasteiger charge is -2.22. The molecule has 3 N–H and O–H groups in total. The van der Waals surface area contributed by atoms with Crippen molar-refractivity contribution in [2.24, 2.45) is 5.73 Å². The lowest BCUT2D eigenvalue weighted by Crippen LogP contribution is -2.44. The van der Waals surface area contributed by atoms with E-state index in [0.29, 0.717) is 18.8 Å². The number of rotatable bonds is 5. The largest absolute Gasteiger partial charge is 0.433 e. The summed E-state index contributed by atoms with van der Waals surface area (Å²) in [4.78, 5) is 13.5. The lowest BCUT2D eigenvalue weighted by atomic mass is 10.2. The van der Waals surface area contributed by atoms with Gasteiger partial charge in [0.05, 0.1) is 11.7 Å². The minimum atomic E-state index is -2.86. The smallest absolute Gasteiger partial charge is 0.387 e. The third kappa shape index (κ3) is 4.04. The van der Waals surface area contributed by atoms with E-state index in [9.17, 15) is 13.6 Å². The van der Waals surface area contributed by atoms with E-state index in [0.717, 1.165) is 6.42 Å². The van der Waals surface area contributed by atoms with Gasteiger partial charge >= 0.3 is 6.61 Å². The number of nitrogens with zero attached hydrogens (tertiary/aromatic N) is 1. The van der Waals surface area contributed by atoms with E-state index in [1.807, 2.05) is 4.90 Å². The van der Waals surface area contributed by atoms with Crippen LogP contribution in [-0.2, 0) is 4.79 Å². The molecule has 1 amide bonds. The minimum absolute atomic E-state index is 0.0388. The van der Waals surface area contributed by atoms with E-state index in [1.165, 1.54) is 6.07 Å². The van der Waals surface area contributed by atoms with Gasteiger partial charge in [-0.3, -0.25) is 4.79 Å². The van der Waals surface area contributed by atoms with Crippen LogP contribution in [-0.4, -0.2) is 37.7 Å². The van der Waals surface area contributed by atoms with Crippen LogP contribution in [0.4, 0.5) is 14.5 Å². The van der Waals surface area contributed by atoms with Gasteiger partial charge in [0.2, 0.25) is 5.91 Å². The first-order valence-electron chi connectivity index (χ1n) is 6.82. The highest BCUT2D eigenvalue weighted by Crippen LogP contribution is 2.31. The van der Waals surface area contributed by atoms with Crippen LogP contribution >= 0.6 is 0 Å². The van der Waals surface area contributed by atoms with Crippen LogP contribution in [0.2, 0.25) is 0 Å². The summed E-state index contributed by atoms with van der Waals surface area (Å²) < 4.78 is 29.4. The van der Waals surface area contributed by atoms with Gasteiger partial charge in [-0.25, -0.2) is 0 Å².